The monoisotopic (exact) mass is 373 g/mol. The molecule has 0 unspecified atom stereocenters. The Hall–Kier alpha value is -2.37. The number of benzene rings is 2. The largest absolute Gasteiger partial charge is 0.338 e. The van der Waals surface area contributed by atoms with Crippen molar-refractivity contribution in [3.8, 4) is 0 Å². The number of nitrogens with one attached hydrogen (secondary N) is 1. The summed E-state index contributed by atoms with van der Waals surface area (Å²) in [6, 6.07) is 17.2. The van der Waals surface area contributed by atoms with Crippen molar-refractivity contribution in [2.24, 2.45) is 11.7 Å². The van der Waals surface area contributed by atoms with Crippen molar-refractivity contribution in [3.63, 3.8) is 0 Å². The molecule has 0 saturated carbocycles. The molecule has 138 valence electrons. The van der Waals surface area contributed by atoms with Gasteiger partial charge in [0.1, 0.15) is 0 Å². The van der Waals surface area contributed by atoms with E-state index in [0.717, 1.165) is 0 Å². The van der Waals surface area contributed by atoms with E-state index in [0.29, 0.717) is 30.9 Å². The fourth-order valence-electron chi connectivity index (χ4n) is 3.44. The van der Waals surface area contributed by atoms with Gasteiger partial charge in [0.15, 0.2) is 0 Å². The number of nitrogens with two attached hydrogens (primary N) is 1. The minimum Gasteiger partial charge on any atom is -0.338 e. The number of anilines is 1. The van der Waals surface area contributed by atoms with Gasteiger partial charge in [-0.3, -0.25) is 9.59 Å². The lowest BCUT2D eigenvalue weighted by Crippen LogP contribution is -2.29. The molecule has 0 spiro atoms. The summed E-state index contributed by atoms with van der Waals surface area (Å²) in [5.41, 5.74) is 8.49. The van der Waals surface area contributed by atoms with Gasteiger partial charge in [0, 0.05) is 37.2 Å². The lowest BCUT2D eigenvalue weighted by Gasteiger charge is -2.17. The van der Waals surface area contributed by atoms with E-state index in [-0.39, 0.29) is 36.1 Å². The first kappa shape index (κ1) is 19.9. The first-order valence-corrected chi connectivity index (χ1v) is 8.50. The van der Waals surface area contributed by atoms with Gasteiger partial charge >= 0.3 is 0 Å². The third kappa shape index (κ3) is 4.42. The molecule has 3 N–H and O–H groups in total. The highest BCUT2D eigenvalue weighted by Crippen LogP contribution is 2.32. The molecule has 1 heterocycles. The van der Waals surface area contributed by atoms with Crippen LogP contribution in [0.25, 0.3) is 0 Å². The van der Waals surface area contributed by atoms with E-state index in [2.05, 4.69) is 17.4 Å². The van der Waals surface area contributed by atoms with Crippen LogP contribution >= 0.6 is 12.4 Å². The smallest absolute Gasteiger partial charge is 0.253 e. The van der Waals surface area contributed by atoms with Crippen molar-refractivity contribution in [1.82, 2.24) is 4.90 Å². The van der Waals surface area contributed by atoms with Gasteiger partial charge in [-0.1, -0.05) is 30.3 Å². The molecule has 0 aromatic heterocycles. The van der Waals surface area contributed by atoms with Gasteiger partial charge in [-0.05, 0) is 42.3 Å². The third-order valence-corrected chi connectivity index (χ3v) is 4.71. The van der Waals surface area contributed by atoms with E-state index in [1.165, 1.54) is 12.5 Å². The average molecular weight is 374 g/mol. The molecule has 0 aliphatic carbocycles. The highest BCUT2D eigenvalue weighted by Gasteiger charge is 2.35. The van der Waals surface area contributed by atoms with Crippen LogP contribution in [0.5, 0.6) is 0 Å². The zero-order valence-electron chi connectivity index (χ0n) is 14.7. The van der Waals surface area contributed by atoms with Crippen LogP contribution in [0, 0.1) is 5.92 Å². The second kappa shape index (κ2) is 8.83. The maximum atomic E-state index is 12.8. The molecule has 1 saturated heterocycles. The molecule has 2 aromatic carbocycles. The zero-order valence-corrected chi connectivity index (χ0v) is 15.5. The van der Waals surface area contributed by atoms with Crippen LogP contribution < -0.4 is 11.1 Å². The van der Waals surface area contributed by atoms with E-state index < -0.39 is 0 Å². The molecule has 3 rings (SSSR count). The zero-order chi connectivity index (χ0) is 17.8. The Kier molecular flexibility index (Phi) is 6.77. The highest BCUT2D eigenvalue weighted by molar-refractivity contribution is 5.95. The minimum absolute atomic E-state index is 0. The molecule has 2 atom stereocenters. The quantitative estimate of drug-likeness (QED) is 0.865. The topological polar surface area (TPSA) is 75.4 Å². The molecular formula is C20H24ClN3O2. The number of halogens is 1. The van der Waals surface area contributed by atoms with E-state index >= 15 is 0 Å². The first-order valence-electron chi connectivity index (χ1n) is 8.50. The number of rotatable bonds is 4. The number of nitrogens with zero attached hydrogens (tertiary/aromatic N) is 1. The van der Waals surface area contributed by atoms with Gasteiger partial charge in [-0.2, -0.15) is 0 Å². The number of carbonyl (C=O) groups is 2. The second-order valence-corrected chi connectivity index (χ2v) is 6.48. The van der Waals surface area contributed by atoms with Crippen LogP contribution in [0.2, 0.25) is 0 Å². The average Bonchev–Trinajstić information content (AvgIpc) is 3.06. The maximum Gasteiger partial charge on any atom is 0.253 e. The lowest BCUT2D eigenvalue weighted by atomic mass is 9.89. The molecule has 1 aliphatic heterocycles. The van der Waals surface area contributed by atoms with Crippen molar-refractivity contribution in [1.29, 1.82) is 0 Å². The Morgan fingerprint density at radius 3 is 2.31 bits per heavy atom. The molecule has 0 bridgehead atoms. The molecule has 26 heavy (non-hydrogen) atoms. The number of likely N-dealkylation sites (tertiary alicyclic amines) is 1. The standard InChI is InChI=1S/C20H23N3O2.ClH/c1-14(24)22-18-9-7-16(8-10-18)20(25)23-12-17(11-21)19(13-23)15-5-3-2-4-6-15;/h2-10,17,19H,11-13,21H2,1H3,(H,22,24);1H/t17-,19+;/m1./s1. The number of carbonyl (C=O) groups excluding carboxylic acids is 2. The van der Waals surface area contributed by atoms with Crippen LogP contribution in [-0.4, -0.2) is 36.3 Å². The molecule has 2 amide bonds. The summed E-state index contributed by atoms with van der Waals surface area (Å²) in [5, 5.41) is 2.70. The van der Waals surface area contributed by atoms with Gasteiger partial charge in [0.05, 0.1) is 0 Å². The van der Waals surface area contributed by atoms with Gasteiger partial charge in [-0.15, -0.1) is 12.4 Å². The van der Waals surface area contributed by atoms with E-state index in [1.807, 2.05) is 23.1 Å². The SMILES string of the molecule is CC(=O)Nc1ccc(C(=O)N2C[C@@H](CN)[C@H](c3ccccc3)C2)cc1.Cl. The normalized spacial score (nSPS) is 18.9. The Balaban J connectivity index is 0.00000243. The molecule has 1 aliphatic rings. The second-order valence-electron chi connectivity index (χ2n) is 6.48. The van der Waals surface area contributed by atoms with Crippen molar-refractivity contribution in [2.75, 3.05) is 25.0 Å². The van der Waals surface area contributed by atoms with E-state index in [4.69, 9.17) is 5.73 Å². The van der Waals surface area contributed by atoms with Crippen molar-refractivity contribution in [3.05, 3.63) is 65.7 Å². The van der Waals surface area contributed by atoms with Crippen molar-refractivity contribution in [2.45, 2.75) is 12.8 Å². The molecular weight excluding hydrogens is 350 g/mol. The van der Waals surface area contributed by atoms with Crippen LogP contribution in [-0.2, 0) is 4.79 Å². The Labute approximate surface area is 160 Å². The number of amides is 2. The predicted molar refractivity (Wildman–Crippen MR) is 106 cm³/mol. The molecule has 1 fully saturated rings. The summed E-state index contributed by atoms with van der Waals surface area (Å²) in [6.45, 7) is 3.37. The Morgan fingerprint density at radius 2 is 1.73 bits per heavy atom. The van der Waals surface area contributed by atoms with Gasteiger partial charge < -0.3 is 16.0 Å². The van der Waals surface area contributed by atoms with Crippen molar-refractivity contribution >= 4 is 29.9 Å². The van der Waals surface area contributed by atoms with Crippen LogP contribution in [0.1, 0.15) is 28.8 Å². The molecule has 6 heteroatoms. The summed E-state index contributed by atoms with van der Waals surface area (Å²) < 4.78 is 0. The van der Waals surface area contributed by atoms with Crippen LogP contribution in [0.4, 0.5) is 5.69 Å². The maximum absolute atomic E-state index is 12.8. The van der Waals surface area contributed by atoms with E-state index in [9.17, 15) is 9.59 Å². The lowest BCUT2D eigenvalue weighted by molar-refractivity contribution is -0.114. The van der Waals surface area contributed by atoms with E-state index in [1.54, 1.807) is 24.3 Å². The first-order chi connectivity index (χ1) is 12.1. The molecule has 2 aromatic rings. The summed E-state index contributed by atoms with van der Waals surface area (Å²) in [7, 11) is 0. The Morgan fingerprint density at radius 1 is 1.08 bits per heavy atom. The fraction of sp³-hybridized carbons (Fsp3) is 0.300. The van der Waals surface area contributed by atoms with Crippen LogP contribution in [0.15, 0.2) is 54.6 Å². The summed E-state index contributed by atoms with van der Waals surface area (Å²) >= 11 is 0. The summed E-state index contributed by atoms with van der Waals surface area (Å²) in [5.74, 6) is 0.417. The number of hydrogen-bond acceptors (Lipinski definition) is 3. The fourth-order valence-corrected chi connectivity index (χ4v) is 3.44. The molecule has 0 radical (unpaired) electrons. The van der Waals surface area contributed by atoms with Gasteiger partial charge in [0.2, 0.25) is 5.91 Å². The minimum atomic E-state index is -0.130. The Bertz CT molecular complexity index is 749. The highest BCUT2D eigenvalue weighted by atomic mass is 35.5. The van der Waals surface area contributed by atoms with Crippen LogP contribution in [0.3, 0.4) is 0 Å². The third-order valence-electron chi connectivity index (χ3n) is 4.71. The number of hydrogen-bond donors (Lipinski definition) is 2. The van der Waals surface area contributed by atoms with Crippen molar-refractivity contribution < 1.29 is 9.59 Å². The molecule has 5 nitrogen and oxygen atoms in total. The summed E-state index contributed by atoms with van der Waals surface area (Å²) in [6.07, 6.45) is 0. The summed E-state index contributed by atoms with van der Waals surface area (Å²) in [4.78, 5) is 25.8. The predicted octanol–water partition coefficient (Wildman–Crippen LogP) is 2.88. The van der Waals surface area contributed by atoms with Gasteiger partial charge in [0.25, 0.3) is 5.91 Å². The van der Waals surface area contributed by atoms with Gasteiger partial charge in [-0.25, -0.2) is 0 Å².